The lowest BCUT2D eigenvalue weighted by Gasteiger charge is -2.34. The zero-order valence-electron chi connectivity index (χ0n) is 17.6. The van der Waals surface area contributed by atoms with E-state index in [2.05, 4.69) is 15.2 Å². The van der Waals surface area contributed by atoms with Crippen molar-refractivity contribution in [2.45, 2.75) is 39.8 Å². The number of hydrogen-bond donors (Lipinski definition) is 2. The van der Waals surface area contributed by atoms with E-state index < -0.39 is 0 Å². The number of aromatic nitrogens is 1. The van der Waals surface area contributed by atoms with E-state index in [4.69, 9.17) is 0 Å². The fourth-order valence-electron chi connectivity index (χ4n) is 3.89. The number of rotatable bonds is 8. The highest BCUT2D eigenvalue weighted by atomic mass is 32.1. The highest BCUT2D eigenvalue weighted by molar-refractivity contribution is 7.07. The summed E-state index contributed by atoms with van der Waals surface area (Å²) in [6.45, 7) is 8.03. The molecule has 2 aromatic rings. The van der Waals surface area contributed by atoms with Crippen LogP contribution in [0.4, 0.5) is 0 Å². The van der Waals surface area contributed by atoms with Gasteiger partial charge in [-0.1, -0.05) is 0 Å². The molecule has 162 valence electrons. The van der Waals surface area contributed by atoms with E-state index in [1.165, 1.54) is 0 Å². The van der Waals surface area contributed by atoms with Crippen LogP contribution in [0.25, 0.3) is 0 Å². The van der Waals surface area contributed by atoms with Crippen molar-refractivity contribution < 1.29 is 9.59 Å². The SMILES string of the molecule is CCN(CC)C(=O)C1CCCN(Cc2ccc(C(=O)NCc3ccsc3)c(=O)[nH]2)C1. The summed E-state index contributed by atoms with van der Waals surface area (Å²) in [5.74, 6) is -0.153. The number of H-pyrrole nitrogens is 1. The Labute approximate surface area is 181 Å². The number of nitrogens with zero attached hydrogens (tertiary/aromatic N) is 2. The third kappa shape index (κ3) is 5.58. The number of likely N-dealkylation sites (tertiary alicyclic amines) is 1. The van der Waals surface area contributed by atoms with Crippen LogP contribution in [0, 0.1) is 5.92 Å². The molecule has 8 heteroatoms. The maximum absolute atomic E-state index is 12.7. The molecule has 1 aliphatic heterocycles. The van der Waals surface area contributed by atoms with Gasteiger partial charge in [0.2, 0.25) is 5.91 Å². The van der Waals surface area contributed by atoms with E-state index in [1.807, 2.05) is 35.6 Å². The second-order valence-electron chi connectivity index (χ2n) is 7.63. The first-order chi connectivity index (χ1) is 14.5. The zero-order chi connectivity index (χ0) is 21.5. The Bertz CT molecular complexity index is 905. The Morgan fingerprint density at radius 3 is 2.73 bits per heavy atom. The van der Waals surface area contributed by atoms with E-state index in [-0.39, 0.29) is 28.9 Å². The third-order valence-electron chi connectivity index (χ3n) is 5.57. The Morgan fingerprint density at radius 1 is 1.27 bits per heavy atom. The van der Waals surface area contributed by atoms with Crippen molar-refractivity contribution in [2.75, 3.05) is 26.2 Å². The van der Waals surface area contributed by atoms with Crippen LogP contribution in [-0.4, -0.2) is 52.8 Å². The van der Waals surface area contributed by atoms with Crippen LogP contribution in [0.3, 0.4) is 0 Å². The minimum absolute atomic E-state index is 0.00697. The van der Waals surface area contributed by atoms with Gasteiger partial charge >= 0.3 is 0 Å². The quantitative estimate of drug-likeness (QED) is 0.674. The Hall–Kier alpha value is -2.45. The van der Waals surface area contributed by atoms with Crippen LogP contribution in [0.5, 0.6) is 0 Å². The Balaban J connectivity index is 1.59. The van der Waals surface area contributed by atoms with Crippen LogP contribution in [0.2, 0.25) is 0 Å². The van der Waals surface area contributed by atoms with Gasteiger partial charge in [0.1, 0.15) is 5.56 Å². The summed E-state index contributed by atoms with van der Waals surface area (Å²) in [5, 5.41) is 6.69. The predicted molar refractivity (Wildman–Crippen MR) is 118 cm³/mol. The zero-order valence-corrected chi connectivity index (χ0v) is 18.5. The molecule has 30 heavy (non-hydrogen) atoms. The molecule has 0 bridgehead atoms. The summed E-state index contributed by atoms with van der Waals surface area (Å²) in [6.07, 6.45) is 1.87. The first kappa shape index (κ1) is 22.2. The van der Waals surface area contributed by atoms with E-state index in [9.17, 15) is 14.4 Å². The van der Waals surface area contributed by atoms with Gasteiger partial charge in [-0.3, -0.25) is 19.3 Å². The number of pyridine rings is 1. The fraction of sp³-hybridized carbons (Fsp3) is 0.500. The average Bonchev–Trinajstić information content (AvgIpc) is 3.27. The lowest BCUT2D eigenvalue weighted by molar-refractivity contribution is -0.137. The van der Waals surface area contributed by atoms with Gasteiger partial charge in [0.25, 0.3) is 11.5 Å². The normalized spacial score (nSPS) is 16.9. The summed E-state index contributed by atoms with van der Waals surface area (Å²) >= 11 is 1.57. The van der Waals surface area contributed by atoms with Crippen LogP contribution >= 0.6 is 11.3 Å². The van der Waals surface area contributed by atoms with Crippen LogP contribution in [0.1, 0.15) is 48.3 Å². The average molecular weight is 431 g/mol. The number of thiophene rings is 1. The predicted octanol–water partition coefficient (Wildman–Crippen LogP) is 2.45. The van der Waals surface area contributed by atoms with Gasteiger partial charge in [-0.25, -0.2) is 0 Å². The van der Waals surface area contributed by atoms with Gasteiger partial charge in [-0.15, -0.1) is 0 Å². The summed E-state index contributed by atoms with van der Waals surface area (Å²) < 4.78 is 0. The first-order valence-corrected chi connectivity index (χ1v) is 11.5. The van der Waals surface area contributed by atoms with Gasteiger partial charge in [0, 0.05) is 38.4 Å². The molecule has 2 aromatic heterocycles. The lowest BCUT2D eigenvalue weighted by Crippen LogP contribution is -2.44. The molecule has 1 atom stereocenters. The molecule has 1 aliphatic rings. The molecule has 1 saturated heterocycles. The molecule has 7 nitrogen and oxygen atoms in total. The summed E-state index contributed by atoms with van der Waals surface area (Å²) in [7, 11) is 0. The molecule has 0 radical (unpaired) electrons. The summed E-state index contributed by atoms with van der Waals surface area (Å²) in [4.78, 5) is 44.4. The molecule has 0 aromatic carbocycles. The van der Waals surface area contributed by atoms with E-state index in [0.29, 0.717) is 19.6 Å². The second-order valence-corrected chi connectivity index (χ2v) is 8.41. The van der Waals surface area contributed by atoms with Crippen molar-refractivity contribution >= 4 is 23.2 Å². The maximum atomic E-state index is 12.7. The smallest absolute Gasteiger partial charge is 0.261 e. The van der Waals surface area contributed by atoms with Crippen LogP contribution in [-0.2, 0) is 17.9 Å². The fourth-order valence-corrected chi connectivity index (χ4v) is 4.56. The molecule has 2 amide bonds. The molecular weight excluding hydrogens is 400 g/mol. The largest absolute Gasteiger partial charge is 0.348 e. The monoisotopic (exact) mass is 430 g/mol. The topological polar surface area (TPSA) is 85.5 Å². The van der Waals surface area contributed by atoms with Crippen molar-refractivity contribution in [1.82, 2.24) is 20.1 Å². The van der Waals surface area contributed by atoms with E-state index in [1.54, 1.807) is 23.5 Å². The lowest BCUT2D eigenvalue weighted by atomic mass is 9.96. The standard InChI is InChI=1S/C22H30N4O3S/c1-3-26(4-2)22(29)17-6-5-10-25(13-17)14-18-7-8-19(21(28)24-18)20(27)23-12-16-9-11-30-15-16/h7-9,11,15,17H,3-6,10,12-14H2,1-2H3,(H,23,27)(H,24,28). The molecule has 0 aliphatic carbocycles. The van der Waals surface area contributed by atoms with Crippen LogP contribution in [0.15, 0.2) is 33.8 Å². The molecule has 0 saturated carbocycles. The summed E-state index contributed by atoms with van der Waals surface area (Å²) in [6, 6.07) is 5.31. The van der Waals surface area contributed by atoms with Crippen molar-refractivity contribution in [2.24, 2.45) is 5.92 Å². The van der Waals surface area contributed by atoms with E-state index >= 15 is 0 Å². The molecule has 3 rings (SSSR count). The van der Waals surface area contributed by atoms with Gasteiger partial charge in [0.15, 0.2) is 0 Å². The van der Waals surface area contributed by atoms with Crippen molar-refractivity contribution in [3.05, 3.63) is 56.1 Å². The summed E-state index contributed by atoms with van der Waals surface area (Å²) in [5.41, 5.74) is 1.50. The number of aromatic amines is 1. The molecular formula is C22H30N4O3S. The number of nitrogens with one attached hydrogen (secondary N) is 2. The number of piperidine rings is 1. The number of carbonyl (C=O) groups is 2. The van der Waals surface area contributed by atoms with Gasteiger partial charge in [0.05, 0.1) is 5.92 Å². The first-order valence-electron chi connectivity index (χ1n) is 10.5. The highest BCUT2D eigenvalue weighted by Crippen LogP contribution is 2.20. The number of carbonyl (C=O) groups excluding carboxylic acids is 2. The minimum atomic E-state index is -0.386. The maximum Gasteiger partial charge on any atom is 0.261 e. The molecule has 2 N–H and O–H groups in total. The van der Waals surface area contributed by atoms with Crippen LogP contribution < -0.4 is 10.9 Å². The Morgan fingerprint density at radius 2 is 2.07 bits per heavy atom. The molecule has 0 spiro atoms. The van der Waals surface area contributed by atoms with E-state index in [0.717, 1.165) is 43.7 Å². The third-order valence-corrected chi connectivity index (χ3v) is 6.30. The molecule has 1 fully saturated rings. The molecule has 3 heterocycles. The second kappa shape index (κ2) is 10.5. The van der Waals surface area contributed by atoms with Crippen molar-refractivity contribution in [1.29, 1.82) is 0 Å². The Kier molecular flexibility index (Phi) is 7.81. The number of amides is 2. The molecule has 1 unspecified atom stereocenters. The minimum Gasteiger partial charge on any atom is -0.348 e. The highest BCUT2D eigenvalue weighted by Gasteiger charge is 2.28. The van der Waals surface area contributed by atoms with Crippen molar-refractivity contribution in [3.8, 4) is 0 Å². The van der Waals surface area contributed by atoms with Gasteiger partial charge in [-0.2, -0.15) is 11.3 Å². The van der Waals surface area contributed by atoms with Gasteiger partial charge < -0.3 is 15.2 Å². The number of hydrogen-bond acceptors (Lipinski definition) is 5. The van der Waals surface area contributed by atoms with Gasteiger partial charge in [-0.05, 0) is 67.8 Å². The van der Waals surface area contributed by atoms with Crippen molar-refractivity contribution in [3.63, 3.8) is 0 Å².